The van der Waals surface area contributed by atoms with Gasteiger partial charge in [0.15, 0.2) is 6.61 Å². The predicted molar refractivity (Wildman–Crippen MR) is 79.4 cm³/mol. The molecule has 0 saturated carbocycles. The molecule has 0 radical (unpaired) electrons. The average Bonchev–Trinajstić information content (AvgIpc) is 2.84. The minimum Gasteiger partial charge on any atom is -0.485 e. The van der Waals surface area contributed by atoms with E-state index in [1.165, 1.54) is 0 Å². The fourth-order valence-corrected chi connectivity index (χ4v) is 2.16. The molecule has 2 N–H and O–H groups in total. The van der Waals surface area contributed by atoms with E-state index in [0.717, 1.165) is 28.6 Å². The number of ether oxygens (including phenoxy) is 1. The van der Waals surface area contributed by atoms with Crippen LogP contribution in [0.4, 0.5) is 0 Å². The number of halogens is 1. The number of hydrogen-bond acceptors (Lipinski definition) is 5. The van der Waals surface area contributed by atoms with E-state index in [2.05, 4.69) is 33.0 Å². The van der Waals surface area contributed by atoms with Gasteiger partial charge >= 0.3 is 0 Å². The Kier molecular flexibility index (Phi) is 5.14. The van der Waals surface area contributed by atoms with Crippen LogP contribution in [-0.4, -0.2) is 10.1 Å². The summed E-state index contributed by atoms with van der Waals surface area (Å²) >= 11 is 3.43. The Morgan fingerprint density at radius 1 is 1.45 bits per heavy atom. The molecule has 0 bridgehead atoms. The second kappa shape index (κ2) is 6.85. The molecule has 0 fully saturated rings. The van der Waals surface area contributed by atoms with Gasteiger partial charge in [-0.1, -0.05) is 34.1 Å². The molecule has 2 rings (SSSR count). The van der Waals surface area contributed by atoms with Gasteiger partial charge in [0, 0.05) is 22.5 Å². The summed E-state index contributed by atoms with van der Waals surface area (Å²) in [6.45, 7) is 4.25. The lowest BCUT2D eigenvalue weighted by molar-refractivity contribution is 0.281. The highest BCUT2D eigenvalue weighted by atomic mass is 79.9. The summed E-state index contributed by atoms with van der Waals surface area (Å²) in [6, 6.07) is 5.69. The number of aromatic nitrogens is 2. The smallest absolute Gasteiger partial charge is 0.226 e. The van der Waals surface area contributed by atoms with Crippen molar-refractivity contribution in [3.8, 4) is 5.75 Å². The van der Waals surface area contributed by atoms with Crippen LogP contribution in [0, 0.1) is 0 Å². The van der Waals surface area contributed by atoms with E-state index in [4.69, 9.17) is 15.0 Å². The third-order valence-corrected chi connectivity index (χ3v) is 3.29. The molecule has 0 amide bonds. The van der Waals surface area contributed by atoms with E-state index in [1.807, 2.05) is 25.1 Å². The van der Waals surface area contributed by atoms with Crippen LogP contribution in [0.25, 0.3) is 0 Å². The highest BCUT2D eigenvalue weighted by molar-refractivity contribution is 9.10. The Morgan fingerprint density at radius 2 is 2.25 bits per heavy atom. The zero-order chi connectivity index (χ0) is 14.5. The SMILES string of the molecule is CCCc1nc(COc2cc(Br)ccc2[C@H](C)N)no1. The zero-order valence-corrected chi connectivity index (χ0v) is 13.2. The molecule has 108 valence electrons. The summed E-state index contributed by atoms with van der Waals surface area (Å²) in [5, 5.41) is 3.89. The predicted octanol–water partition coefficient (Wildman–Crippen LogP) is 3.38. The molecule has 0 aliphatic heterocycles. The van der Waals surface area contributed by atoms with Crippen LogP contribution in [0.3, 0.4) is 0 Å². The van der Waals surface area contributed by atoms with E-state index < -0.39 is 0 Å². The monoisotopic (exact) mass is 339 g/mol. The van der Waals surface area contributed by atoms with Crippen LogP contribution < -0.4 is 10.5 Å². The quantitative estimate of drug-likeness (QED) is 0.873. The number of hydrogen-bond donors (Lipinski definition) is 1. The van der Waals surface area contributed by atoms with Gasteiger partial charge in [0.2, 0.25) is 11.7 Å². The summed E-state index contributed by atoms with van der Waals surface area (Å²) in [6.07, 6.45) is 1.76. The standard InChI is InChI=1S/C14H18BrN3O2/c1-3-4-14-17-13(18-20-14)8-19-12-7-10(15)5-6-11(12)9(2)16/h5-7,9H,3-4,8,16H2,1-2H3/t9-/m0/s1. The van der Waals surface area contributed by atoms with Gasteiger partial charge in [-0.3, -0.25) is 0 Å². The van der Waals surface area contributed by atoms with Gasteiger partial charge in [-0.25, -0.2) is 0 Å². The topological polar surface area (TPSA) is 74.2 Å². The van der Waals surface area contributed by atoms with Crippen molar-refractivity contribution in [1.29, 1.82) is 0 Å². The van der Waals surface area contributed by atoms with Gasteiger partial charge in [-0.2, -0.15) is 4.98 Å². The van der Waals surface area contributed by atoms with Crippen LogP contribution >= 0.6 is 15.9 Å². The lowest BCUT2D eigenvalue weighted by Gasteiger charge is -2.13. The lowest BCUT2D eigenvalue weighted by atomic mass is 10.1. The first kappa shape index (κ1) is 15.0. The lowest BCUT2D eigenvalue weighted by Crippen LogP contribution is -2.08. The maximum absolute atomic E-state index is 5.93. The Labute approximate surface area is 126 Å². The maximum Gasteiger partial charge on any atom is 0.226 e. The maximum atomic E-state index is 5.93. The van der Waals surface area contributed by atoms with E-state index >= 15 is 0 Å². The molecule has 1 atom stereocenters. The van der Waals surface area contributed by atoms with Gasteiger partial charge in [-0.15, -0.1) is 0 Å². The van der Waals surface area contributed by atoms with E-state index in [1.54, 1.807) is 0 Å². The number of benzene rings is 1. The molecule has 1 aromatic carbocycles. The Hall–Kier alpha value is -1.40. The fourth-order valence-electron chi connectivity index (χ4n) is 1.82. The first-order valence-corrected chi connectivity index (χ1v) is 7.38. The molecule has 1 aromatic heterocycles. The largest absolute Gasteiger partial charge is 0.485 e. The highest BCUT2D eigenvalue weighted by Crippen LogP contribution is 2.28. The zero-order valence-electron chi connectivity index (χ0n) is 11.6. The Balaban J connectivity index is 2.07. The molecule has 0 unspecified atom stereocenters. The van der Waals surface area contributed by atoms with Crippen molar-refractivity contribution in [3.63, 3.8) is 0 Å². The fraction of sp³-hybridized carbons (Fsp3) is 0.429. The molecule has 20 heavy (non-hydrogen) atoms. The normalized spacial score (nSPS) is 12.4. The molecule has 5 nitrogen and oxygen atoms in total. The number of nitrogens with two attached hydrogens (primary N) is 1. The molecule has 2 aromatic rings. The van der Waals surface area contributed by atoms with E-state index in [9.17, 15) is 0 Å². The number of rotatable bonds is 6. The van der Waals surface area contributed by atoms with Gasteiger partial charge in [0.25, 0.3) is 0 Å². The van der Waals surface area contributed by atoms with Crippen molar-refractivity contribution < 1.29 is 9.26 Å². The summed E-state index contributed by atoms with van der Waals surface area (Å²) in [7, 11) is 0. The van der Waals surface area contributed by atoms with Crippen LogP contribution in [0.5, 0.6) is 5.75 Å². The third-order valence-electron chi connectivity index (χ3n) is 2.80. The van der Waals surface area contributed by atoms with Crippen molar-refractivity contribution >= 4 is 15.9 Å². The molecular weight excluding hydrogens is 322 g/mol. The summed E-state index contributed by atoms with van der Waals surface area (Å²) < 4.78 is 11.8. The first-order chi connectivity index (χ1) is 9.60. The molecule has 0 spiro atoms. The van der Waals surface area contributed by atoms with E-state index in [-0.39, 0.29) is 12.6 Å². The van der Waals surface area contributed by atoms with Gasteiger partial charge in [0.1, 0.15) is 5.75 Å². The molecular formula is C14H18BrN3O2. The van der Waals surface area contributed by atoms with Gasteiger partial charge in [-0.05, 0) is 25.5 Å². The van der Waals surface area contributed by atoms with Crippen molar-refractivity contribution in [1.82, 2.24) is 10.1 Å². The van der Waals surface area contributed by atoms with Crippen molar-refractivity contribution in [2.45, 2.75) is 39.3 Å². The Bertz CT molecular complexity index is 569. The molecule has 6 heteroatoms. The molecule has 0 aliphatic rings. The van der Waals surface area contributed by atoms with Crippen LogP contribution in [0.15, 0.2) is 27.2 Å². The summed E-state index contributed by atoms with van der Waals surface area (Å²) in [5.41, 5.74) is 6.88. The van der Waals surface area contributed by atoms with Crippen molar-refractivity contribution in [3.05, 3.63) is 40.0 Å². The first-order valence-electron chi connectivity index (χ1n) is 6.59. The van der Waals surface area contributed by atoms with Gasteiger partial charge < -0.3 is 15.0 Å². The van der Waals surface area contributed by atoms with Gasteiger partial charge in [0.05, 0.1) is 0 Å². The number of nitrogens with zero attached hydrogens (tertiary/aromatic N) is 2. The molecule has 0 aliphatic carbocycles. The van der Waals surface area contributed by atoms with Crippen molar-refractivity contribution in [2.24, 2.45) is 5.73 Å². The summed E-state index contributed by atoms with van der Waals surface area (Å²) in [5.74, 6) is 1.92. The third kappa shape index (κ3) is 3.80. The number of aryl methyl sites for hydroxylation is 1. The second-order valence-corrected chi connectivity index (χ2v) is 5.53. The minimum atomic E-state index is -0.0981. The highest BCUT2D eigenvalue weighted by Gasteiger charge is 2.11. The molecule has 1 heterocycles. The summed E-state index contributed by atoms with van der Waals surface area (Å²) in [4.78, 5) is 4.27. The average molecular weight is 340 g/mol. The Morgan fingerprint density at radius 3 is 2.95 bits per heavy atom. The van der Waals surface area contributed by atoms with Crippen LogP contribution in [-0.2, 0) is 13.0 Å². The van der Waals surface area contributed by atoms with Crippen molar-refractivity contribution in [2.75, 3.05) is 0 Å². The minimum absolute atomic E-state index is 0.0981. The van der Waals surface area contributed by atoms with Crippen LogP contribution in [0.2, 0.25) is 0 Å². The van der Waals surface area contributed by atoms with Crippen LogP contribution in [0.1, 0.15) is 43.6 Å². The molecule has 0 saturated heterocycles. The van der Waals surface area contributed by atoms with E-state index in [0.29, 0.717) is 11.7 Å². The second-order valence-electron chi connectivity index (χ2n) is 4.61.